The summed E-state index contributed by atoms with van der Waals surface area (Å²) >= 11 is 0. The number of hydrogen-bond donors (Lipinski definition) is 1. The molecule has 2 aromatic rings. The molecule has 0 bridgehead atoms. The maximum atomic E-state index is 13.7. The predicted octanol–water partition coefficient (Wildman–Crippen LogP) is 3.10. The number of ether oxygens (including phenoxy) is 1. The fraction of sp³-hybridized carbons (Fsp3) is 0.357. The average molecular weight is 281 g/mol. The van der Waals surface area contributed by atoms with Crippen molar-refractivity contribution in [2.75, 3.05) is 12.8 Å². The summed E-state index contributed by atoms with van der Waals surface area (Å²) < 4.78 is 34.1. The number of alkyl halides is 2. The highest BCUT2D eigenvalue weighted by atomic mass is 19.3. The SMILES string of the molecule is COc1c(C(C)(F)F)ccc(C)c1-c1cnn(C)c1N. The van der Waals surface area contributed by atoms with Crippen LogP contribution in [-0.2, 0) is 13.0 Å². The van der Waals surface area contributed by atoms with E-state index in [1.807, 2.05) is 6.92 Å². The lowest BCUT2D eigenvalue weighted by molar-refractivity contribution is 0.0151. The van der Waals surface area contributed by atoms with Gasteiger partial charge >= 0.3 is 0 Å². The summed E-state index contributed by atoms with van der Waals surface area (Å²) in [6, 6.07) is 3.02. The van der Waals surface area contributed by atoms with E-state index >= 15 is 0 Å². The number of nitrogens with zero attached hydrogens (tertiary/aromatic N) is 2. The number of aryl methyl sites for hydroxylation is 2. The van der Waals surface area contributed by atoms with E-state index in [-0.39, 0.29) is 11.3 Å². The van der Waals surface area contributed by atoms with Crippen LogP contribution >= 0.6 is 0 Å². The van der Waals surface area contributed by atoms with E-state index in [4.69, 9.17) is 10.5 Å². The molecule has 20 heavy (non-hydrogen) atoms. The van der Waals surface area contributed by atoms with Crippen LogP contribution in [0.15, 0.2) is 18.3 Å². The third-order valence-corrected chi connectivity index (χ3v) is 3.30. The Kier molecular flexibility index (Phi) is 3.41. The third-order valence-electron chi connectivity index (χ3n) is 3.30. The molecular formula is C14H17F2N3O. The fourth-order valence-electron chi connectivity index (χ4n) is 2.21. The molecule has 0 unspecified atom stereocenters. The van der Waals surface area contributed by atoms with E-state index in [1.54, 1.807) is 19.3 Å². The van der Waals surface area contributed by atoms with Gasteiger partial charge in [0.1, 0.15) is 11.6 Å². The molecule has 0 aliphatic carbocycles. The average Bonchev–Trinajstić information content (AvgIpc) is 2.68. The van der Waals surface area contributed by atoms with Crippen molar-refractivity contribution in [3.8, 4) is 16.9 Å². The van der Waals surface area contributed by atoms with Crippen LogP contribution < -0.4 is 10.5 Å². The van der Waals surface area contributed by atoms with Gasteiger partial charge < -0.3 is 10.5 Å². The summed E-state index contributed by atoms with van der Waals surface area (Å²) in [6.07, 6.45) is 1.55. The molecule has 1 aromatic heterocycles. The first-order valence-corrected chi connectivity index (χ1v) is 6.11. The van der Waals surface area contributed by atoms with E-state index in [1.165, 1.54) is 17.9 Å². The number of aromatic nitrogens is 2. The quantitative estimate of drug-likeness (QED) is 0.940. The molecule has 0 saturated carbocycles. The zero-order chi connectivity index (χ0) is 15.1. The van der Waals surface area contributed by atoms with Crippen molar-refractivity contribution in [2.45, 2.75) is 19.8 Å². The van der Waals surface area contributed by atoms with Crippen molar-refractivity contribution in [3.05, 3.63) is 29.5 Å². The van der Waals surface area contributed by atoms with Crippen molar-refractivity contribution in [3.63, 3.8) is 0 Å². The van der Waals surface area contributed by atoms with E-state index in [9.17, 15) is 8.78 Å². The van der Waals surface area contributed by atoms with Crippen molar-refractivity contribution in [1.29, 1.82) is 0 Å². The molecule has 2 N–H and O–H groups in total. The first-order chi connectivity index (χ1) is 9.27. The molecule has 0 saturated heterocycles. The number of methoxy groups -OCH3 is 1. The number of hydrogen-bond acceptors (Lipinski definition) is 3. The van der Waals surface area contributed by atoms with Crippen LogP contribution in [0.2, 0.25) is 0 Å². The lowest BCUT2D eigenvalue weighted by atomic mass is 9.95. The first-order valence-electron chi connectivity index (χ1n) is 6.11. The summed E-state index contributed by atoms with van der Waals surface area (Å²) in [5.74, 6) is -2.45. The minimum atomic E-state index is -3.00. The van der Waals surface area contributed by atoms with Gasteiger partial charge in [0.15, 0.2) is 0 Å². The molecule has 0 fully saturated rings. The van der Waals surface area contributed by atoms with Gasteiger partial charge in [-0.15, -0.1) is 0 Å². The number of anilines is 1. The molecule has 6 heteroatoms. The minimum Gasteiger partial charge on any atom is -0.496 e. The zero-order valence-electron chi connectivity index (χ0n) is 11.9. The van der Waals surface area contributed by atoms with E-state index < -0.39 is 5.92 Å². The summed E-state index contributed by atoms with van der Waals surface area (Å²) in [5, 5.41) is 4.05. The van der Waals surface area contributed by atoms with Crippen LogP contribution in [0.25, 0.3) is 11.1 Å². The summed E-state index contributed by atoms with van der Waals surface area (Å²) in [5.41, 5.74) is 7.72. The maximum Gasteiger partial charge on any atom is 0.274 e. The van der Waals surface area contributed by atoms with Crippen LogP contribution in [0.3, 0.4) is 0 Å². The number of nitrogen functional groups attached to an aromatic ring is 1. The largest absolute Gasteiger partial charge is 0.496 e. The Balaban J connectivity index is 2.78. The van der Waals surface area contributed by atoms with Gasteiger partial charge in [-0.1, -0.05) is 6.07 Å². The first kappa shape index (κ1) is 14.3. The normalized spacial score (nSPS) is 11.7. The van der Waals surface area contributed by atoms with Gasteiger partial charge in [-0.25, -0.2) is 8.78 Å². The lowest BCUT2D eigenvalue weighted by Crippen LogP contribution is -2.10. The Labute approximate surface area is 116 Å². The predicted molar refractivity (Wildman–Crippen MR) is 73.9 cm³/mol. The number of nitrogens with two attached hydrogens (primary N) is 1. The van der Waals surface area contributed by atoms with Crippen LogP contribution in [0.5, 0.6) is 5.75 Å². The highest BCUT2D eigenvalue weighted by Crippen LogP contribution is 2.43. The van der Waals surface area contributed by atoms with E-state index in [0.717, 1.165) is 12.5 Å². The molecule has 1 aromatic carbocycles. The van der Waals surface area contributed by atoms with Gasteiger partial charge in [0.25, 0.3) is 5.92 Å². The molecule has 0 spiro atoms. The number of halogens is 2. The Morgan fingerprint density at radius 2 is 2.00 bits per heavy atom. The second-order valence-corrected chi connectivity index (χ2v) is 4.79. The molecular weight excluding hydrogens is 264 g/mol. The van der Waals surface area contributed by atoms with Crippen molar-refractivity contribution < 1.29 is 13.5 Å². The summed E-state index contributed by atoms with van der Waals surface area (Å²) in [4.78, 5) is 0. The molecule has 0 radical (unpaired) electrons. The smallest absolute Gasteiger partial charge is 0.274 e. The molecule has 0 aliphatic rings. The number of benzene rings is 1. The Hall–Kier alpha value is -2.11. The Morgan fingerprint density at radius 1 is 1.35 bits per heavy atom. The van der Waals surface area contributed by atoms with Gasteiger partial charge in [-0.05, 0) is 18.6 Å². The molecule has 0 amide bonds. The molecule has 0 atom stereocenters. The van der Waals surface area contributed by atoms with Crippen molar-refractivity contribution >= 4 is 5.82 Å². The van der Waals surface area contributed by atoms with Gasteiger partial charge in [-0.2, -0.15) is 5.10 Å². The highest BCUT2D eigenvalue weighted by Gasteiger charge is 2.31. The van der Waals surface area contributed by atoms with E-state index in [0.29, 0.717) is 16.9 Å². The standard InChI is InChI=1S/C14H17F2N3O/c1-8-5-6-10(14(2,15)16)12(20-4)11(8)9-7-18-19(3)13(9)17/h5-7H,17H2,1-4H3. The van der Waals surface area contributed by atoms with Gasteiger partial charge in [0.2, 0.25) is 0 Å². The second-order valence-electron chi connectivity index (χ2n) is 4.79. The van der Waals surface area contributed by atoms with Crippen LogP contribution in [0, 0.1) is 6.92 Å². The molecule has 1 heterocycles. The Bertz CT molecular complexity index is 645. The number of rotatable bonds is 3. The molecule has 4 nitrogen and oxygen atoms in total. The van der Waals surface area contributed by atoms with Gasteiger partial charge in [0.05, 0.1) is 18.9 Å². The topological polar surface area (TPSA) is 53.1 Å². The van der Waals surface area contributed by atoms with Crippen molar-refractivity contribution in [2.24, 2.45) is 7.05 Å². The molecule has 2 rings (SSSR count). The monoisotopic (exact) mass is 281 g/mol. The van der Waals surface area contributed by atoms with Gasteiger partial charge in [-0.3, -0.25) is 4.68 Å². The summed E-state index contributed by atoms with van der Waals surface area (Å²) in [7, 11) is 3.07. The molecule has 0 aliphatic heterocycles. The van der Waals surface area contributed by atoms with Crippen LogP contribution in [0.1, 0.15) is 18.1 Å². The third kappa shape index (κ3) is 2.21. The minimum absolute atomic E-state index is 0.136. The van der Waals surface area contributed by atoms with Crippen molar-refractivity contribution in [1.82, 2.24) is 9.78 Å². The Morgan fingerprint density at radius 3 is 2.45 bits per heavy atom. The fourth-order valence-corrected chi connectivity index (χ4v) is 2.21. The van der Waals surface area contributed by atoms with Crippen LogP contribution in [0.4, 0.5) is 14.6 Å². The van der Waals surface area contributed by atoms with Gasteiger partial charge in [0, 0.05) is 25.1 Å². The second kappa shape index (κ2) is 4.77. The lowest BCUT2D eigenvalue weighted by Gasteiger charge is -2.19. The summed E-state index contributed by atoms with van der Waals surface area (Å²) in [6.45, 7) is 2.67. The molecule has 108 valence electrons. The van der Waals surface area contributed by atoms with Crippen LogP contribution in [-0.4, -0.2) is 16.9 Å². The van der Waals surface area contributed by atoms with E-state index in [2.05, 4.69) is 5.10 Å². The zero-order valence-corrected chi connectivity index (χ0v) is 11.9. The highest BCUT2D eigenvalue weighted by molar-refractivity contribution is 5.82. The maximum absolute atomic E-state index is 13.7.